The zero-order chi connectivity index (χ0) is 15.2. The summed E-state index contributed by atoms with van der Waals surface area (Å²) in [6.07, 6.45) is -3.71. The normalized spacial score (nSPS) is 8.95. The Bertz CT molecular complexity index is 404. The van der Waals surface area contributed by atoms with Crippen molar-refractivity contribution in [2.75, 3.05) is 0 Å². The Hall–Kier alpha value is -2.13. The van der Waals surface area contributed by atoms with Crippen LogP contribution in [0, 0.1) is 0 Å². The minimum atomic E-state index is -3.71. The second-order valence-corrected chi connectivity index (χ2v) is 2.45. The van der Waals surface area contributed by atoms with Crippen LogP contribution in [0.25, 0.3) is 0 Å². The number of carboxylic acid groups (broad SMARTS) is 2. The van der Waals surface area contributed by atoms with E-state index in [9.17, 15) is 32.8 Å². The van der Waals surface area contributed by atoms with E-state index in [0.717, 1.165) is 0 Å². The summed E-state index contributed by atoms with van der Waals surface area (Å²) in [6, 6.07) is 0. The number of aliphatic carboxylic acids is 2. The van der Waals surface area contributed by atoms with Crippen LogP contribution in [-0.4, -0.2) is 53.8 Å². The fraction of sp³-hybridized carbons (Fsp3) is 0.167. The third kappa shape index (κ3) is 7.34. The molecular formula is C6H4BF2LiO10. The fourth-order valence-corrected chi connectivity index (χ4v) is 0.494. The number of hydrogen-bond acceptors (Lipinski definition) is 8. The first-order valence-corrected chi connectivity index (χ1v) is 4.01. The van der Waals surface area contributed by atoms with E-state index in [1.807, 2.05) is 0 Å². The molecule has 0 aromatic heterocycles. The smallest absolute Gasteiger partial charge is 1.00 e. The number of halogens is 2. The summed E-state index contributed by atoms with van der Waals surface area (Å²) in [6.45, 7) is 0. The van der Waals surface area contributed by atoms with Crippen LogP contribution in [0.1, 0.15) is 1.43 Å². The van der Waals surface area contributed by atoms with Crippen molar-refractivity contribution in [2.24, 2.45) is 0 Å². The van der Waals surface area contributed by atoms with Gasteiger partial charge in [-0.15, -0.1) is 0 Å². The van der Waals surface area contributed by atoms with E-state index in [-0.39, 0.29) is 20.3 Å². The summed E-state index contributed by atoms with van der Waals surface area (Å²) in [4.78, 5) is 51.5. The van der Waals surface area contributed by atoms with Gasteiger partial charge in [0.05, 0.1) is 0 Å². The van der Waals surface area contributed by atoms with Crippen molar-refractivity contribution in [2.45, 2.75) is 6.43 Å². The monoisotopic (exact) mass is 292 g/mol. The van der Waals surface area contributed by atoms with Crippen LogP contribution in [-0.2, 0) is 37.9 Å². The zero-order valence-corrected chi connectivity index (χ0v) is 9.57. The molecule has 0 unspecified atom stereocenters. The molecular weight excluding hydrogens is 288 g/mol. The first-order chi connectivity index (χ1) is 8.65. The van der Waals surface area contributed by atoms with Gasteiger partial charge in [-0.05, 0) is 0 Å². The summed E-state index contributed by atoms with van der Waals surface area (Å²) in [5.41, 5.74) is 0. The third-order valence-corrected chi connectivity index (χ3v) is 1.15. The molecule has 0 aliphatic heterocycles. The summed E-state index contributed by atoms with van der Waals surface area (Å²) in [5, 5.41) is 16.2. The van der Waals surface area contributed by atoms with Crippen molar-refractivity contribution in [3.8, 4) is 0 Å². The summed E-state index contributed by atoms with van der Waals surface area (Å²) in [7, 11) is -2.87. The first-order valence-electron chi connectivity index (χ1n) is 4.01. The number of carboxylic acids is 2. The van der Waals surface area contributed by atoms with Gasteiger partial charge in [0.25, 0.3) is 0 Å². The Morgan fingerprint density at radius 2 is 1.25 bits per heavy atom. The van der Waals surface area contributed by atoms with Gasteiger partial charge in [-0.25, -0.2) is 24.0 Å². The number of alkyl halides is 2. The van der Waals surface area contributed by atoms with E-state index < -0.39 is 43.6 Å². The maximum atomic E-state index is 11.8. The number of carbonyl (C=O) groups excluding carboxylic acids is 3. The molecule has 0 aliphatic carbocycles. The van der Waals surface area contributed by atoms with Gasteiger partial charge in [-0.1, -0.05) is 0 Å². The Kier molecular flexibility index (Phi) is 8.97. The fourth-order valence-electron chi connectivity index (χ4n) is 0.494. The van der Waals surface area contributed by atoms with E-state index >= 15 is 0 Å². The van der Waals surface area contributed by atoms with Gasteiger partial charge in [0.1, 0.15) is 0 Å². The third-order valence-electron chi connectivity index (χ3n) is 1.15. The molecule has 0 bridgehead atoms. The predicted octanol–water partition coefficient (Wildman–Crippen LogP) is -4.85. The van der Waals surface area contributed by atoms with Gasteiger partial charge in [0.2, 0.25) is 0 Å². The van der Waals surface area contributed by atoms with Crippen LogP contribution < -0.4 is 18.9 Å². The van der Waals surface area contributed by atoms with Crippen LogP contribution in [0.3, 0.4) is 0 Å². The average molecular weight is 292 g/mol. The SMILES string of the molecule is O=C(O)C(=O)OB(OC(=O)C(=O)O)OC(=O)C(F)F.[H-].[Li+]. The van der Waals surface area contributed by atoms with Crippen molar-refractivity contribution in [1.82, 2.24) is 0 Å². The average Bonchev–Trinajstić information content (AvgIpc) is 2.27. The second-order valence-electron chi connectivity index (χ2n) is 2.45. The Morgan fingerprint density at radius 3 is 1.50 bits per heavy atom. The predicted molar refractivity (Wildman–Crippen MR) is 46.4 cm³/mol. The number of hydrogen-bond donors (Lipinski definition) is 2. The Balaban J connectivity index is -0.00000162. The Morgan fingerprint density at radius 1 is 0.900 bits per heavy atom. The molecule has 0 rings (SSSR count). The molecule has 0 amide bonds. The molecule has 0 aromatic rings. The molecule has 0 saturated heterocycles. The van der Waals surface area contributed by atoms with E-state index in [4.69, 9.17) is 10.2 Å². The standard InChI is InChI=1S/C6H3BF2O10.Li.H/c8-1(9)4(14)17-7(18-5(15)2(10)11)19-6(16)3(12)13;;/h1H,(H,10,11)(H,12,13);;/q;+1;-1. The minimum Gasteiger partial charge on any atom is -1.00 e. The van der Waals surface area contributed by atoms with Crippen LogP contribution >= 0.6 is 0 Å². The van der Waals surface area contributed by atoms with Crippen LogP contribution in [0.15, 0.2) is 0 Å². The molecule has 20 heavy (non-hydrogen) atoms. The van der Waals surface area contributed by atoms with Crippen molar-refractivity contribution < 1.29 is 77.2 Å². The Labute approximate surface area is 121 Å². The number of rotatable bonds is 4. The molecule has 10 nitrogen and oxygen atoms in total. The molecule has 0 fully saturated rings. The number of carbonyl (C=O) groups is 5. The quantitative estimate of drug-likeness (QED) is 0.380. The molecule has 0 spiro atoms. The molecule has 0 radical (unpaired) electrons. The van der Waals surface area contributed by atoms with Gasteiger partial charge in [0.15, 0.2) is 0 Å². The second kappa shape index (κ2) is 8.89. The topological polar surface area (TPSA) is 154 Å². The van der Waals surface area contributed by atoms with E-state index in [0.29, 0.717) is 0 Å². The van der Waals surface area contributed by atoms with Gasteiger partial charge in [-0.3, -0.25) is 0 Å². The van der Waals surface area contributed by atoms with Crippen LogP contribution in [0.5, 0.6) is 0 Å². The maximum absolute atomic E-state index is 11.8. The summed E-state index contributed by atoms with van der Waals surface area (Å²) in [5.74, 6) is -11.1. The summed E-state index contributed by atoms with van der Waals surface area (Å²) < 4.78 is 34.4. The van der Waals surface area contributed by atoms with Gasteiger partial charge < -0.3 is 25.6 Å². The minimum absolute atomic E-state index is 0. The van der Waals surface area contributed by atoms with Gasteiger partial charge in [0, 0.05) is 0 Å². The van der Waals surface area contributed by atoms with Gasteiger partial charge >= 0.3 is 62.5 Å². The van der Waals surface area contributed by atoms with Crippen LogP contribution in [0.2, 0.25) is 0 Å². The van der Waals surface area contributed by atoms with E-state index in [2.05, 4.69) is 14.0 Å². The molecule has 0 aromatic carbocycles. The first kappa shape index (κ1) is 20.2. The van der Waals surface area contributed by atoms with E-state index in [1.165, 1.54) is 0 Å². The van der Waals surface area contributed by atoms with Crippen molar-refractivity contribution in [3.63, 3.8) is 0 Å². The van der Waals surface area contributed by atoms with Crippen molar-refractivity contribution in [1.29, 1.82) is 0 Å². The summed E-state index contributed by atoms with van der Waals surface area (Å²) >= 11 is 0. The molecule has 0 aliphatic rings. The molecule has 14 heteroatoms. The molecule has 0 saturated carbocycles. The molecule has 0 atom stereocenters. The maximum Gasteiger partial charge on any atom is 1.00 e. The van der Waals surface area contributed by atoms with Crippen molar-refractivity contribution >= 4 is 37.2 Å². The van der Waals surface area contributed by atoms with Gasteiger partial charge in [-0.2, -0.15) is 8.78 Å². The van der Waals surface area contributed by atoms with E-state index in [1.54, 1.807) is 0 Å². The molecule has 0 heterocycles. The van der Waals surface area contributed by atoms with Crippen LogP contribution in [0.4, 0.5) is 8.78 Å². The van der Waals surface area contributed by atoms with Crippen molar-refractivity contribution in [3.05, 3.63) is 0 Å². The zero-order valence-electron chi connectivity index (χ0n) is 10.6. The largest absolute Gasteiger partial charge is 1.00 e. The molecule has 2 N–H and O–H groups in total. The molecule has 106 valence electrons.